The van der Waals surface area contributed by atoms with Crippen molar-refractivity contribution < 1.29 is 56.3 Å². The number of azide groups is 1. The van der Waals surface area contributed by atoms with E-state index in [-0.39, 0.29) is 0 Å². The number of hydrogen-bond acceptors (Lipinski definition) is 11. The van der Waals surface area contributed by atoms with Gasteiger partial charge in [-0.15, -0.1) is 0 Å². The first-order chi connectivity index (χ1) is 14.1. The Bertz CT molecular complexity index is 1120. The first kappa shape index (κ1) is 25.6. The van der Waals surface area contributed by atoms with E-state index >= 15 is 0 Å². The topological polar surface area (TPSA) is 293 Å². The quantitative estimate of drug-likeness (QED) is 0.0988. The molecule has 1 aromatic rings. The third kappa shape index (κ3) is 7.17. The van der Waals surface area contributed by atoms with Gasteiger partial charge in [0.15, 0.2) is 0 Å². The Labute approximate surface area is 169 Å². The molecule has 0 bridgehead atoms. The lowest BCUT2D eigenvalue weighted by Gasteiger charge is -2.19. The van der Waals surface area contributed by atoms with E-state index in [9.17, 15) is 33.3 Å². The minimum atomic E-state index is -5.76. The molecule has 6 N–H and O–H groups in total. The van der Waals surface area contributed by atoms with E-state index < -0.39 is 65.8 Å². The van der Waals surface area contributed by atoms with Crippen LogP contribution in [0, 0.1) is 0 Å². The van der Waals surface area contributed by atoms with Crippen LogP contribution in [-0.2, 0) is 31.6 Å². The highest BCUT2D eigenvalue weighted by Gasteiger charge is 2.47. The number of aromatic nitrogens is 2. The number of aliphatic hydroxyl groups is 1. The van der Waals surface area contributed by atoms with Gasteiger partial charge in [0, 0.05) is 17.2 Å². The van der Waals surface area contributed by atoms with E-state index in [1.165, 1.54) is 0 Å². The third-order valence-electron chi connectivity index (χ3n) is 3.47. The average molecular weight is 509 g/mol. The van der Waals surface area contributed by atoms with Gasteiger partial charge in [0.2, 0.25) is 0 Å². The molecule has 1 aliphatic rings. The summed E-state index contributed by atoms with van der Waals surface area (Å²) in [6.07, 6.45) is -3.86. The average Bonchev–Trinajstić information content (AvgIpc) is 2.86. The molecule has 22 heteroatoms. The summed E-state index contributed by atoms with van der Waals surface area (Å²) in [4.78, 5) is 62.9. The van der Waals surface area contributed by atoms with E-state index in [4.69, 9.17) is 24.9 Å². The molecule has 1 saturated heterocycles. The van der Waals surface area contributed by atoms with E-state index in [0.29, 0.717) is 0 Å². The molecule has 0 radical (unpaired) electrons. The summed E-state index contributed by atoms with van der Waals surface area (Å²) in [6.45, 7) is -1.06. The van der Waals surface area contributed by atoms with Gasteiger partial charge in [-0.2, -0.15) is 8.62 Å². The van der Waals surface area contributed by atoms with Crippen LogP contribution in [0.15, 0.2) is 27.0 Å². The van der Waals surface area contributed by atoms with Crippen LogP contribution in [-0.4, -0.2) is 59.1 Å². The molecule has 0 amide bonds. The number of aliphatic hydroxyl groups excluding tert-OH is 1. The van der Waals surface area contributed by atoms with Gasteiger partial charge >= 0.3 is 29.2 Å². The maximum Gasteiger partial charge on any atom is 0.490 e. The van der Waals surface area contributed by atoms with Crippen molar-refractivity contribution in [1.82, 2.24) is 9.55 Å². The van der Waals surface area contributed by atoms with E-state index in [1.54, 1.807) is 0 Å². The summed E-state index contributed by atoms with van der Waals surface area (Å²) in [5.41, 5.74) is 6.90. The predicted octanol–water partition coefficient (Wildman–Crippen LogP) is -1.18. The Morgan fingerprint density at radius 2 is 1.84 bits per heavy atom. The van der Waals surface area contributed by atoms with Crippen LogP contribution in [0.4, 0.5) is 0 Å². The Hall–Kier alpha value is -1.68. The fraction of sp³-hybridized carbons (Fsp3) is 0.556. The number of hydrogen-bond donors (Lipinski definition) is 6. The highest BCUT2D eigenvalue weighted by Crippen LogP contribution is 2.66. The predicted molar refractivity (Wildman–Crippen MR) is 94.0 cm³/mol. The van der Waals surface area contributed by atoms with Gasteiger partial charge in [-0.3, -0.25) is 18.9 Å². The number of rotatable bonds is 9. The van der Waals surface area contributed by atoms with Crippen LogP contribution in [0.3, 0.4) is 0 Å². The number of aromatic amines is 1. The molecule has 19 nitrogen and oxygen atoms in total. The third-order valence-corrected chi connectivity index (χ3v) is 7.27. The van der Waals surface area contributed by atoms with Crippen molar-refractivity contribution in [3.05, 3.63) is 43.5 Å². The van der Waals surface area contributed by atoms with Crippen LogP contribution < -0.4 is 11.2 Å². The number of phosphoric acid groups is 3. The molecule has 0 spiro atoms. The maximum absolute atomic E-state index is 11.9. The summed E-state index contributed by atoms with van der Waals surface area (Å²) < 4.78 is 51.1. The largest absolute Gasteiger partial charge is 0.490 e. The van der Waals surface area contributed by atoms with Crippen molar-refractivity contribution >= 4 is 23.5 Å². The molecule has 1 fully saturated rings. The molecule has 2 rings (SSSR count). The first-order valence-corrected chi connectivity index (χ1v) is 12.1. The van der Waals surface area contributed by atoms with Crippen LogP contribution in [0.2, 0.25) is 0 Å². The standard InChI is InChI=1S/C9H14N5O14P3/c10-13-12-6-7(16)4(26-8(6)14-2-1-5(15)11-9(14)17)3-25-30(21,22)28-31(23,24)27-29(18,19)20/h1-2,4,6-8,16H,3H2,(H,21,22)(H,23,24)(H,11,15,17)(H2,18,19,20)/t4-,6?,7?,8-/m0/s1. The SMILES string of the molecule is [N-]=[N+]=NC1C(O)[C@H](COP(=O)(O)OP(=O)(O)OP(=O)(O)O)O[C@@H]1n1ccc(=O)[nH]c1=O. The second-order valence-electron chi connectivity index (χ2n) is 5.66. The second kappa shape index (κ2) is 9.44. The van der Waals surface area contributed by atoms with Gasteiger partial charge in [-0.1, -0.05) is 5.11 Å². The Balaban J connectivity index is 2.16. The summed E-state index contributed by atoms with van der Waals surface area (Å²) in [5, 5.41) is 13.5. The van der Waals surface area contributed by atoms with Gasteiger partial charge in [-0.05, 0) is 5.53 Å². The molecule has 0 aromatic carbocycles. The van der Waals surface area contributed by atoms with E-state index in [2.05, 4.69) is 23.2 Å². The minimum Gasteiger partial charge on any atom is -0.390 e. The molecular weight excluding hydrogens is 495 g/mol. The maximum atomic E-state index is 11.9. The highest BCUT2D eigenvalue weighted by atomic mass is 31.3. The number of phosphoric ester groups is 1. The summed E-state index contributed by atoms with van der Waals surface area (Å²) in [6, 6.07) is -0.563. The Morgan fingerprint density at radius 3 is 2.39 bits per heavy atom. The number of nitrogens with one attached hydrogen (secondary N) is 1. The van der Waals surface area contributed by atoms with Gasteiger partial charge in [0.25, 0.3) is 5.56 Å². The van der Waals surface area contributed by atoms with Crippen molar-refractivity contribution in [1.29, 1.82) is 0 Å². The second-order valence-corrected chi connectivity index (χ2v) is 10.1. The number of ether oxygens (including phenoxy) is 1. The monoisotopic (exact) mass is 509 g/mol. The van der Waals surface area contributed by atoms with Crippen LogP contribution in [0.1, 0.15) is 6.23 Å². The molecule has 1 aliphatic heterocycles. The lowest BCUT2D eigenvalue weighted by atomic mass is 10.1. The molecule has 31 heavy (non-hydrogen) atoms. The summed E-state index contributed by atoms with van der Waals surface area (Å²) in [5.74, 6) is 0. The first-order valence-electron chi connectivity index (χ1n) is 7.62. The molecule has 0 saturated carbocycles. The Morgan fingerprint density at radius 1 is 1.19 bits per heavy atom. The molecule has 6 atom stereocenters. The van der Waals surface area contributed by atoms with E-state index in [1.807, 2.05) is 4.98 Å². The van der Waals surface area contributed by atoms with Crippen molar-refractivity contribution in [2.45, 2.75) is 24.5 Å². The zero-order chi connectivity index (χ0) is 23.6. The lowest BCUT2D eigenvalue weighted by molar-refractivity contribution is -0.0455. The van der Waals surface area contributed by atoms with Gasteiger partial charge in [0.05, 0.1) is 12.7 Å². The lowest BCUT2D eigenvalue weighted by Crippen LogP contribution is -2.36. The zero-order valence-corrected chi connectivity index (χ0v) is 17.4. The fourth-order valence-corrected chi connectivity index (χ4v) is 5.41. The van der Waals surface area contributed by atoms with E-state index in [0.717, 1.165) is 16.8 Å². The van der Waals surface area contributed by atoms with Crippen molar-refractivity contribution in [2.24, 2.45) is 5.11 Å². The van der Waals surface area contributed by atoms with Crippen molar-refractivity contribution in [3.8, 4) is 0 Å². The van der Waals surface area contributed by atoms with Crippen LogP contribution in [0.25, 0.3) is 10.4 Å². The molecular formula is C9H14N5O14P3. The molecule has 0 aliphatic carbocycles. The van der Waals surface area contributed by atoms with Crippen LogP contribution >= 0.6 is 23.5 Å². The van der Waals surface area contributed by atoms with Gasteiger partial charge in [0.1, 0.15) is 18.4 Å². The summed E-state index contributed by atoms with van der Waals surface area (Å²) >= 11 is 0. The van der Waals surface area contributed by atoms with Crippen molar-refractivity contribution in [2.75, 3.05) is 6.61 Å². The molecule has 2 heterocycles. The summed E-state index contributed by atoms with van der Waals surface area (Å²) in [7, 11) is -16.9. The number of nitrogens with zero attached hydrogens (tertiary/aromatic N) is 4. The molecule has 4 unspecified atom stereocenters. The Kier molecular flexibility index (Phi) is 7.79. The van der Waals surface area contributed by atoms with Gasteiger partial charge < -0.3 is 29.4 Å². The fourth-order valence-electron chi connectivity index (χ4n) is 2.38. The normalized spacial score (nSPS) is 27.8. The molecule has 1 aromatic heterocycles. The smallest absolute Gasteiger partial charge is 0.390 e. The minimum absolute atomic E-state index is 0.745. The highest BCUT2D eigenvalue weighted by molar-refractivity contribution is 7.66. The zero-order valence-electron chi connectivity index (χ0n) is 14.7. The number of H-pyrrole nitrogens is 1. The van der Waals surface area contributed by atoms with Gasteiger partial charge in [-0.25, -0.2) is 18.5 Å². The van der Waals surface area contributed by atoms with Crippen LogP contribution in [0.5, 0.6) is 0 Å². The van der Waals surface area contributed by atoms with Crippen molar-refractivity contribution in [3.63, 3.8) is 0 Å². The molecule has 174 valence electrons.